The predicted molar refractivity (Wildman–Crippen MR) is 89.7 cm³/mol. The largest absolute Gasteiger partial charge is 0.477 e. The van der Waals surface area contributed by atoms with Crippen LogP contribution in [0.4, 0.5) is 0 Å². The van der Waals surface area contributed by atoms with Crippen LogP contribution in [0.25, 0.3) is 0 Å². The van der Waals surface area contributed by atoms with Crippen molar-refractivity contribution in [2.45, 2.75) is 20.0 Å². The molecule has 0 aromatic heterocycles. The Morgan fingerprint density at radius 2 is 1.75 bits per heavy atom. The molecule has 2 aromatic rings. The summed E-state index contributed by atoms with van der Waals surface area (Å²) in [7, 11) is 1.30. The van der Waals surface area contributed by atoms with Crippen LogP contribution >= 0.6 is 11.6 Å². The van der Waals surface area contributed by atoms with Crippen molar-refractivity contribution in [3.63, 3.8) is 0 Å². The first-order chi connectivity index (χ1) is 11.4. The fraction of sp³-hybridized carbons (Fsp3) is 0.222. The molecule has 0 bridgehead atoms. The Morgan fingerprint density at radius 3 is 2.38 bits per heavy atom. The number of hydrogen-bond donors (Lipinski definition) is 0. The minimum atomic E-state index is -0.843. The molecule has 0 aliphatic heterocycles. The standard InChI is InChI=1S/C18H17ClO5/c1-11-4-9-15(19)16(10-11)23-12(2)17(20)24-14-7-5-13(6-8-14)18(21)22-3/h4-10,12H,1-3H3. The smallest absolute Gasteiger partial charge is 0.352 e. The van der Waals surface area contributed by atoms with Crippen molar-refractivity contribution in [3.8, 4) is 11.5 Å². The summed E-state index contributed by atoms with van der Waals surface area (Å²) in [6.07, 6.45) is -0.843. The van der Waals surface area contributed by atoms with E-state index in [1.54, 1.807) is 19.1 Å². The minimum Gasteiger partial charge on any atom is -0.477 e. The Labute approximate surface area is 145 Å². The highest BCUT2D eigenvalue weighted by molar-refractivity contribution is 6.32. The van der Waals surface area contributed by atoms with Crippen LogP contribution in [0, 0.1) is 6.92 Å². The lowest BCUT2D eigenvalue weighted by Crippen LogP contribution is -2.28. The predicted octanol–water partition coefficient (Wildman–Crippen LogP) is 3.81. The van der Waals surface area contributed by atoms with Crippen LogP contribution in [-0.4, -0.2) is 25.2 Å². The van der Waals surface area contributed by atoms with E-state index < -0.39 is 18.0 Å². The molecule has 0 saturated heterocycles. The van der Waals surface area contributed by atoms with Crippen molar-refractivity contribution in [1.82, 2.24) is 0 Å². The summed E-state index contributed by atoms with van der Waals surface area (Å²) in [6.45, 7) is 3.47. The van der Waals surface area contributed by atoms with Crippen LogP contribution in [0.1, 0.15) is 22.8 Å². The van der Waals surface area contributed by atoms with E-state index in [9.17, 15) is 9.59 Å². The summed E-state index contributed by atoms with van der Waals surface area (Å²) in [5.41, 5.74) is 1.33. The number of aryl methyl sites for hydroxylation is 1. The molecule has 0 saturated carbocycles. The summed E-state index contributed by atoms with van der Waals surface area (Å²) in [5, 5.41) is 0.419. The van der Waals surface area contributed by atoms with Gasteiger partial charge in [-0.2, -0.15) is 0 Å². The van der Waals surface area contributed by atoms with Crippen molar-refractivity contribution >= 4 is 23.5 Å². The zero-order valence-electron chi connectivity index (χ0n) is 13.5. The van der Waals surface area contributed by atoms with Crippen LogP contribution < -0.4 is 9.47 Å². The molecule has 0 fully saturated rings. The summed E-state index contributed by atoms with van der Waals surface area (Å²) in [6, 6.07) is 11.3. The molecule has 0 amide bonds. The maximum atomic E-state index is 12.1. The number of esters is 2. The van der Waals surface area contributed by atoms with Crippen molar-refractivity contribution in [2.24, 2.45) is 0 Å². The van der Waals surface area contributed by atoms with Gasteiger partial charge < -0.3 is 14.2 Å². The molecule has 0 aliphatic carbocycles. The molecule has 6 heteroatoms. The second-order valence-electron chi connectivity index (χ2n) is 5.13. The zero-order valence-corrected chi connectivity index (χ0v) is 14.3. The van der Waals surface area contributed by atoms with E-state index >= 15 is 0 Å². The van der Waals surface area contributed by atoms with Gasteiger partial charge in [0.15, 0.2) is 6.10 Å². The van der Waals surface area contributed by atoms with Gasteiger partial charge in [0, 0.05) is 0 Å². The average Bonchev–Trinajstić information content (AvgIpc) is 2.58. The first kappa shape index (κ1) is 17.8. The molecule has 0 radical (unpaired) electrons. The van der Waals surface area contributed by atoms with Gasteiger partial charge in [-0.15, -0.1) is 0 Å². The molecule has 24 heavy (non-hydrogen) atoms. The van der Waals surface area contributed by atoms with Gasteiger partial charge in [-0.05, 0) is 55.8 Å². The SMILES string of the molecule is COC(=O)c1ccc(OC(=O)C(C)Oc2cc(C)ccc2Cl)cc1. The fourth-order valence-corrected chi connectivity index (χ4v) is 2.08. The molecule has 0 heterocycles. The number of hydrogen-bond acceptors (Lipinski definition) is 5. The molecule has 126 valence electrons. The van der Waals surface area contributed by atoms with Crippen LogP contribution in [-0.2, 0) is 9.53 Å². The second-order valence-corrected chi connectivity index (χ2v) is 5.54. The number of ether oxygens (including phenoxy) is 3. The van der Waals surface area contributed by atoms with Gasteiger partial charge in [-0.1, -0.05) is 17.7 Å². The van der Waals surface area contributed by atoms with Gasteiger partial charge in [0.2, 0.25) is 0 Å². The highest BCUT2D eigenvalue weighted by Gasteiger charge is 2.19. The molecule has 1 unspecified atom stereocenters. The van der Waals surface area contributed by atoms with E-state index in [2.05, 4.69) is 4.74 Å². The third-order valence-corrected chi connectivity index (χ3v) is 3.53. The Bertz CT molecular complexity index is 740. The van der Waals surface area contributed by atoms with E-state index in [4.69, 9.17) is 21.1 Å². The van der Waals surface area contributed by atoms with E-state index in [-0.39, 0.29) is 0 Å². The van der Waals surface area contributed by atoms with Crippen molar-refractivity contribution in [1.29, 1.82) is 0 Å². The number of carbonyl (C=O) groups excluding carboxylic acids is 2. The first-order valence-electron chi connectivity index (χ1n) is 7.23. The molecular weight excluding hydrogens is 332 g/mol. The lowest BCUT2D eigenvalue weighted by atomic mass is 10.2. The van der Waals surface area contributed by atoms with Gasteiger partial charge in [0.25, 0.3) is 0 Å². The summed E-state index contributed by atoms with van der Waals surface area (Å²) in [5.74, 6) is -0.308. The van der Waals surface area contributed by atoms with E-state index in [1.807, 2.05) is 13.0 Å². The van der Waals surface area contributed by atoms with E-state index in [1.165, 1.54) is 31.4 Å². The van der Waals surface area contributed by atoms with Crippen molar-refractivity contribution < 1.29 is 23.8 Å². The third-order valence-electron chi connectivity index (χ3n) is 3.22. The van der Waals surface area contributed by atoms with Gasteiger partial charge in [0.05, 0.1) is 17.7 Å². The Balaban J connectivity index is 2.01. The lowest BCUT2D eigenvalue weighted by molar-refractivity contribution is -0.141. The second kappa shape index (κ2) is 7.84. The molecule has 5 nitrogen and oxygen atoms in total. The van der Waals surface area contributed by atoms with Crippen LogP contribution in [0.5, 0.6) is 11.5 Å². The number of rotatable bonds is 5. The molecule has 0 N–H and O–H groups in total. The maximum absolute atomic E-state index is 12.1. The van der Waals surface area contributed by atoms with Crippen LogP contribution in [0.15, 0.2) is 42.5 Å². The van der Waals surface area contributed by atoms with E-state index in [0.717, 1.165) is 5.56 Å². The highest BCUT2D eigenvalue weighted by Crippen LogP contribution is 2.26. The lowest BCUT2D eigenvalue weighted by Gasteiger charge is -2.15. The van der Waals surface area contributed by atoms with Crippen molar-refractivity contribution in [3.05, 3.63) is 58.6 Å². The third kappa shape index (κ3) is 4.49. The van der Waals surface area contributed by atoms with Gasteiger partial charge in [-0.3, -0.25) is 0 Å². The fourth-order valence-electron chi connectivity index (χ4n) is 1.92. The monoisotopic (exact) mass is 348 g/mol. The zero-order chi connectivity index (χ0) is 17.7. The topological polar surface area (TPSA) is 61.8 Å². The molecule has 0 spiro atoms. The Hall–Kier alpha value is -2.53. The van der Waals surface area contributed by atoms with Crippen LogP contribution in [0.3, 0.4) is 0 Å². The van der Waals surface area contributed by atoms with Gasteiger partial charge in [-0.25, -0.2) is 9.59 Å². The maximum Gasteiger partial charge on any atom is 0.352 e. The number of halogens is 1. The molecule has 2 rings (SSSR count). The molecule has 2 aromatic carbocycles. The minimum absolute atomic E-state index is 0.304. The molecule has 1 atom stereocenters. The first-order valence-corrected chi connectivity index (χ1v) is 7.61. The number of benzene rings is 2. The van der Waals surface area contributed by atoms with Gasteiger partial charge in [0.1, 0.15) is 11.5 Å². The summed E-state index contributed by atoms with van der Waals surface area (Å²) < 4.78 is 15.4. The average molecular weight is 349 g/mol. The number of methoxy groups -OCH3 is 1. The Morgan fingerprint density at radius 1 is 1.08 bits per heavy atom. The quantitative estimate of drug-likeness (QED) is 0.607. The molecule has 0 aliphatic rings. The normalized spacial score (nSPS) is 11.5. The summed E-state index contributed by atoms with van der Waals surface area (Å²) in [4.78, 5) is 23.5. The van der Waals surface area contributed by atoms with Crippen molar-refractivity contribution in [2.75, 3.05) is 7.11 Å². The highest BCUT2D eigenvalue weighted by atomic mass is 35.5. The summed E-state index contributed by atoms with van der Waals surface area (Å²) >= 11 is 6.05. The van der Waals surface area contributed by atoms with Gasteiger partial charge >= 0.3 is 11.9 Å². The van der Waals surface area contributed by atoms with E-state index in [0.29, 0.717) is 22.1 Å². The number of carbonyl (C=O) groups is 2. The van der Waals surface area contributed by atoms with Crippen LogP contribution in [0.2, 0.25) is 5.02 Å². The molecular formula is C18H17ClO5. The Kier molecular flexibility index (Phi) is 5.82.